The van der Waals surface area contributed by atoms with Crippen molar-refractivity contribution in [1.29, 1.82) is 0 Å². The van der Waals surface area contributed by atoms with Crippen LogP contribution in [0.25, 0.3) is 0 Å². The largest absolute Gasteiger partial charge is 0.480 e. The lowest BCUT2D eigenvalue weighted by molar-refractivity contribution is -0.209. The van der Waals surface area contributed by atoms with Crippen LogP contribution in [-0.4, -0.2) is 163 Å². The molecule has 0 saturated carbocycles. The van der Waals surface area contributed by atoms with E-state index in [1.165, 1.54) is 0 Å². The molecular formula is C26H49N3O13. The molecule has 0 amide bonds. The van der Waals surface area contributed by atoms with E-state index in [-0.39, 0.29) is 52.2 Å². The minimum atomic E-state index is -1.18. The summed E-state index contributed by atoms with van der Waals surface area (Å²) in [5, 5.41) is 60.4. The van der Waals surface area contributed by atoms with Crippen LogP contribution in [0.5, 0.6) is 0 Å². The minimum absolute atomic E-state index is 0.0246. The molecule has 3 rings (SSSR count). The second kappa shape index (κ2) is 16.3. The Hall–Kier alpha value is -1.09. The van der Waals surface area contributed by atoms with Gasteiger partial charge >= 0.3 is 5.97 Å². The maximum Gasteiger partial charge on any atom is 0.329 e. The summed E-state index contributed by atoms with van der Waals surface area (Å²) in [5.74, 6) is -2.88. The number of hydrogen-bond donors (Lipinski definition) is 9. The summed E-state index contributed by atoms with van der Waals surface area (Å²) in [4.78, 5) is 11.0. The summed E-state index contributed by atoms with van der Waals surface area (Å²) in [7, 11) is 0. The summed E-state index contributed by atoms with van der Waals surface area (Å²) < 4.78 is 34.4. The van der Waals surface area contributed by atoms with E-state index in [2.05, 4.69) is 0 Å². The Morgan fingerprint density at radius 1 is 0.643 bits per heavy atom. The van der Waals surface area contributed by atoms with Crippen LogP contribution in [0.15, 0.2) is 0 Å². The maximum atomic E-state index is 11.1. The van der Waals surface area contributed by atoms with Gasteiger partial charge in [0.15, 0.2) is 0 Å². The van der Waals surface area contributed by atoms with Gasteiger partial charge in [-0.05, 0) is 6.92 Å². The molecule has 0 aliphatic carbocycles. The van der Waals surface area contributed by atoms with Gasteiger partial charge < -0.3 is 76.3 Å². The van der Waals surface area contributed by atoms with E-state index in [1.807, 2.05) is 0 Å². The van der Waals surface area contributed by atoms with E-state index in [0.717, 1.165) is 0 Å². The Balaban J connectivity index is 1.59. The molecule has 3 aliphatic rings. The number of nitrogens with two attached hydrogens (primary N) is 3. The molecule has 3 heterocycles. The number of hydrogen-bond acceptors (Lipinski definition) is 15. The number of ether oxygens (including phenoxy) is 6. The second-order valence-corrected chi connectivity index (χ2v) is 11.5. The van der Waals surface area contributed by atoms with Crippen molar-refractivity contribution in [2.24, 2.45) is 35.0 Å². The molecule has 0 aromatic rings. The van der Waals surface area contributed by atoms with Crippen molar-refractivity contribution in [3.8, 4) is 0 Å². The lowest BCUT2D eigenvalue weighted by atomic mass is 9.85. The van der Waals surface area contributed by atoms with E-state index in [1.54, 1.807) is 13.8 Å². The third kappa shape index (κ3) is 8.54. The molecule has 42 heavy (non-hydrogen) atoms. The number of carbonyl (C=O) groups is 1. The van der Waals surface area contributed by atoms with Crippen molar-refractivity contribution < 1.29 is 63.9 Å². The molecule has 12 N–H and O–H groups in total. The van der Waals surface area contributed by atoms with E-state index in [9.17, 15) is 30.3 Å². The highest BCUT2D eigenvalue weighted by Crippen LogP contribution is 2.30. The molecule has 16 nitrogen and oxygen atoms in total. The fraction of sp³-hybridized carbons (Fsp3) is 0.962. The van der Waals surface area contributed by atoms with Gasteiger partial charge in [0.1, 0.15) is 6.61 Å². The van der Waals surface area contributed by atoms with Crippen LogP contribution in [0.2, 0.25) is 0 Å². The number of carboxylic acid groups (broad SMARTS) is 1. The summed E-state index contributed by atoms with van der Waals surface area (Å²) in [6, 6.07) is -2.35. The van der Waals surface area contributed by atoms with Gasteiger partial charge in [0, 0.05) is 17.8 Å². The first-order valence-corrected chi connectivity index (χ1v) is 14.3. The molecule has 0 aromatic carbocycles. The van der Waals surface area contributed by atoms with Crippen LogP contribution < -0.4 is 17.2 Å². The Morgan fingerprint density at radius 3 is 1.67 bits per heavy atom. The third-order valence-corrected chi connectivity index (χ3v) is 8.68. The van der Waals surface area contributed by atoms with Crippen molar-refractivity contribution in [3.05, 3.63) is 0 Å². The summed E-state index contributed by atoms with van der Waals surface area (Å²) in [6.45, 7) is 1.81. The van der Waals surface area contributed by atoms with Gasteiger partial charge in [-0.1, -0.05) is 6.92 Å². The molecule has 3 fully saturated rings. The average Bonchev–Trinajstić information content (AvgIpc) is 2.96. The predicted octanol–water partition coefficient (Wildman–Crippen LogP) is -4.64. The molecule has 3 saturated heterocycles. The number of aliphatic hydroxyl groups excluding tert-OH is 5. The normalized spacial score (nSPS) is 44.7. The van der Waals surface area contributed by atoms with Gasteiger partial charge in [-0.25, -0.2) is 4.79 Å². The van der Waals surface area contributed by atoms with E-state index >= 15 is 0 Å². The molecule has 0 bridgehead atoms. The summed E-state index contributed by atoms with van der Waals surface area (Å²) >= 11 is 0. The van der Waals surface area contributed by atoms with Crippen molar-refractivity contribution >= 4 is 5.97 Å². The summed E-state index contributed by atoms with van der Waals surface area (Å²) in [5.41, 5.74) is 18.4. The van der Waals surface area contributed by atoms with Crippen molar-refractivity contribution in [3.63, 3.8) is 0 Å². The van der Waals surface area contributed by atoms with Crippen LogP contribution in [0.3, 0.4) is 0 Å². The number of carboxylic acids is 1. The second-order valence-electron chi connectivity index (χ2n) is 11.5. The standard InChI is InChI=1S/C26H49N3O13/c1-11-15(3-30)41-18(22(28)24(11)34)8-38-6-14-17(7-39-10-20(32)33)42-19(23(29)26(14)36)9-37-5-13-16(4-31)40-12(2)21(27)25(13)35/h11-19,21-26,30-31,34-36H,3-10,27-29H2,1-2H3,(H,32,33). The van der Waals surface area contributed by atoms with Gasteiger partial charge in [-0.2, -0.15) is 0 Å². The molecule has 3 aliphatic heterocycles. The van der Waals surface area contributed by atoms with Crippen molar-refractivity contribution in [2.45, 2.75) is 86.9 Å². The van der Waals surface area contributed by atoms with Gasteiger partial charge in [-0.3, -0.25) is 0 Å². The molecule has 15 atom stereocenters. The highest BCUT2D eigenvalue weighted by atomic mass is 16.6. The molecule has 16 heteroatoms. The van der Waals surface area contributed by atoms with Gasteiger partial charge in [0.2, 0.25) is 0 Å². The number of aliphatic carboxylic acids is 1. The Kier molecular flexibility index (Phi) is 13.7. The zero-order chi connectivity index (χ0) is 31.1. The highest BCUT2D eigenvalue weighted by molar-refractivity contribution is 5.67. The first-order valence-electron chi connectivity index (χ1n) is 14.3. The highest BCUT2D eigenvalue weighted by Gasteiger charge is 2.46. The first kappa shape index (κ1) is 35.4. The van der Waals surface area contributed by atoms with Gasteiger partial charge in [0.05, 0.1) is 119 Å². The average molecular weight is 612 g/mol. The Bertz CT molecular complexity index is 826. The molecule has 0 spiro atoms. The van der Waals surface area contributed by atoms with Crippen LogP contribution in [0.1, 0.15) is 13.8 Å². The number of aliphatic hydroxyl groups is 5. The van der Waals surface area contributed by atoms with Crippen LogP contribution >= 0.6 is 0 Å². The van der Waals surface area contributed by atoms with Gasteiger partial charge in [-0.15, -0.1) is 0 Å². The molecule has 246 valence electrons. The fourth-order valence-electron chi connectivity index (χ4n) is 5.79. The molecular weight excluding hydrogens is 562 g/mol. The Labute approximate surface area is 244 Å². The first-order chi connectivity index (χ1) is 19.9. The van der Waals surface area contributed by atoms with Gasteiger partial charge in [0.25, 0.3) is 0 Å². The zero-order valence-electron chi connectivity index (χ0n) is 24.1. The minimum Gasteiger partial charge on any atom is -0.480 e. The smallest absolute Gasteiger partial charge is 0.329 e. The topological polar surface area (TPSA) is 272 Å². The maximum absolute atomic E-state index is 11.1. The van der Waals surface area contributed by atoms with Crippen LogP contribution in [-0.2, 0) is 33.2 Å². The lowest BCUT2D eigenvalue weighted by Crippen LogP contribution is -2.62. The number of rotatable bonds is 14. The van der Waals surface area contributed by atoms with E-state index < -0.39 is 97.5 Å². The zero-order valence-corrected chi connectivity index (χ0v) is 24.1. The van der Waals surface area contributed by atoms with Crippen LogP contribution in [0.4, 0.5) is 0 Å². The molecule has 0 radical (unpaired) electrons. The van der Waals surface area contributed by atoms with E-state index in [4.69, 9.17) is 50.7 Å². The van der Waals surface area contributed by atoms with Crippen molar-refractivity contribution in [1.82, 2.24) is 0 Å². The Morgan fingerprint density at radius 2 is 1.12 bits per heavy atom. The van der Waals surface area contributed by atoms with E-state index in [0.29, 0.717) is 0 Å². The predicted molar refractivity (Wildman–Crippen MR) is 144 cm³/mol. The van der Waals surface area contributed by atoms with Crippen LogP contribution in [0, 0.1) is 17.8 Å². The van der Waals surface area contributed by atoms with Crippen molar-refractivity contribution in [2.75, 3.05) is 52.9 Å². The lowest BCUT2D eigenvalue weighted by Gasteiger charge is -2.45. The quantitative estimate of drug-likeness (QED) is 0.0893. The molecule has 0 aromatic heterocycles. The third-order valence-electron chi connectivity index (χ3n) is 8.68. The SMILES string of the molecule is CC1OC(CO)C(COCC2OC(COCC(=O)O)C(COCC3OC(CO)C(C)C(O)C3N)C(O)C2N)C(O)C1N. The fourth-order valence-corrected chi connectivity index (χ4v) is 5.79. The monoisotopic (exact) mass is 611 g/mol. The summed E-state index contributed by atoms with van der Waals surface area (Å²) in [6.07, 6.45) is -7.16. The molecule has 15 unspecified atom stereocenters.